The second-order valence-electron chi connectivity index (χ2n) is 25.0. The number of primary amides is 1. The van der Waals surface area contributed by atoms with Gasteiger partial charge in [0, 0.05) is 73.9 Å². The van der Waals surface area contributed by atoms with Crippen LogP contribution in [0.25, 0.3) is 10.1 Å². The van der Waals surface area contributed by atoms with Gasteiger partial charge in [-0.15, -0.1) is 11.3 Å². The van der Waals surface area contributed by atoms with Crippen LogP contribution in [0.1, 0.15) is 146 Å². The Morgan fingerprint density at radius 3 is 2.25 bits per heavy atom. The maximum atomic E-state index is 14.8. The summed E-state index contributed by atoms with van der Waals surface area (Å²) in [6, 6.07) is 10.6. The molecule has 4 saturated heterocycles. The number of likely N-dealkylation sites (tertiary alicyclic amines) is 1. The minimum absolute atomic E-state index is 0.0317. The van der Waals surface area contributed by atoms with Crippen LogP contribution in [0.4, 0.5) is 17.6 Å². The maximum absolute atomic E-state index is 14.8. The van der Waals surface area contributed by atoms with Crippen molar-refractivity contribution in [2.75, 3.05) is 32.7 Å². The number of amides is 9. The largest absolute Gasteiger partial charge is 0.399 e. The summed E-state index contributed by atoms with van der Waals surface area (Å²) in [6.45, 7) is 6.19. The molecule has 9 rings (SSSR count). The van der Waals surface area contributed by atoms with Crippen LogP contribution in [-0.4, -0.2) is 158 Å². The number of carbonyl (C=O) groups excluding carboxylic acids is 9. The number of hydrogen-bond acceptors (Lipinski definition) is 12. The topological polar surface area (TPSA) is 298 Å². The lowest BCUT2D eigenvalue weighted by Crippen LogP contribution is -2.62. The van der Waals surface area contributed by atoms with Crippen molar-refractivity contribution in [3.05, 3.63) is 105 Å². The Morgan fingerprint density at radius 1 is 0.854 bits per heavy atom. The number of alkyl halides is 4. The molecule has 0 saturated carbocycles. The molecule has 6 atom stereocenters. The molecular formula is C62H76F4N9O12PS. The van der Waals surface area contributed by atoms with Gasteiger partial charge in [-0.05, 0) is 121 Å². The smallest absolute Gasteiger partial charge is 0.370 e. The van der Waals surface area contributed by atoms with E-state index in [0.29, 0.717) is 44.0 Å². The summed E-state index contributed by atoms with van der Waals surface area (Å²) < 4.78 is 69.1. The molecule has 27 heteroatoms. The normalized spacial score (nSPS) is 21.3. The van der Waals surface area contributed by atoms with Gasteiger partial charge in [-0.2, -0.15) is 8.78 Å². The third-order valence-electron chi connectivity index (χ3n) is 17.8. The van der Waals surface area contributed by atoms with Gasteiger partial charge in [-0.25, -0.2) is 8.78 Å². The fourth-order valence-electron chi connectivity index (χ4n) is 12.9. The Morgan fingerprint density at radius 2 is 1.57 bits per heavy atom. The van der Waals surface area contributed by atoms with Gasteiger partial charge in [-0.3, -0.25) is 57.9 Å². The van der Waals surface area contributed by atoms with Crippen molar-refractivity contribution in [2.45, 2.75) is 171 Å². The van der Waals surface area contributed by atoms with Gasteiger partial charge in [0.2, 0.25) is 41.4 Å². The number of carbonyl (C=O) groups is 9. The Bertz CT molecular complexity index is 3420. The van der Waals surface area contributed by atoms with Crippen LogP contribution in [-0.2, 0) is 68.6 Å². The van der Waals surface area contributed by atoms with Crippen molar-refractivity contribution in [3.63, 3.8) is 0 Å². The molecule has 9 amide bonds. The van der Waals surface area contributed by atoms with E-state index in [1.807, 2.05) is 36.4 Å². The first-order valence-corrected chi connectivity index (χ1v) is 32.6. The lowest BCUT2D eigenvalue weighted by Gasteiger charge is -2.39. The number of rotatable bonds is 22. The molecule has 3 aromatic carbocycles. The number of piperidine rings is 2. The molecule has 4 fully saturated rings. The van der Waals surface area contributed by atoms with Crippen LogP contribution in [0.2, 0.25) is 0 Å². The van der Waals surface area contributed by atoms with E-state index in [-0.39, 0.29) is 96.0 Å². The van der Waals surface area contributed by atoms with Crippen molar-refractivity contribution < 1.29 is 75.1 Å². The van der Waals surface area contributed by atoms with Gasteiger partial charge >= 0.3 is 13.3 Å². The highest BCUT2D eigenvalue weighted by molar-refractivity contribution is 7.52. The second kappa shape index (κ2) is 27.5. The number of nitrogens with zero attached hydrogens (tertiary/aromatic N) is 4. The molecule has 5 aliphatic rings. The molecule has 0 radical (unpaired) electrons. The summed E-state index contributed by atoms with van der Waals surface area (Å²) in [5.74, 6) is -5.15. The van der Waals surface area contributed by atoms with Gasteiger partial charge in [-0.1, -0.05) is 76.1 Å². The predicted molar refractivity (Wildman–Crippen MR) is 320 cm³/mol. The molecule has 89 heavy (non-hydrogen) atoms. The zero-order chi connectivity index (χ0) is 64.3. The van der Waals surface area contributed by atoms with E-state index in [1.54, 1.807) is 15.9 Å². The summed E-state index contributed by atoms with van der Waals surface area (Å²) in [5, 5.41) is 10.6. The number of unbranched alkanes of at least 4 members (excludes halogenated alkanes) is 1. The minimum atomic E-state index is -5.93. The van der Waals surface area contributed by atoms with E-state index >= 15 is 0 Å². The molecular weight excluding hydrogens is 1200 g/mol. The van der Waals surface area contributed by atoms with Crippen LogP contribution in [0.15, 0.2) is 66.7 Å². The molecule has 8 N–H and O–H groups in total. The Labute approximate surface area is 516 Å². The number of fused-ring (bicyclic) bond motifs is 3. The van der Waals surface area contributed by atoms with Gasteiger partial charge in [0.25, 0.3) is 18.2 Å². The van der Waals surface area contributed by atoms with Crippen LogP contribution >= 0.6 is 18.9 Å². The SMILES string of the molecule is CC(C)(C)c1ccc(CC(NC(=O)C(CCC(N)=O)NC(=O)[C@@H]2CC[C@@H]3CCN(CC(F)F)C[C@H](NC(=O)c4cc5cc(C(F)(F)P(=O)(O)O)ccc5s4)C(=O)N32)C(=O)N2CCC(CCCCc3cccc4c3CN(C3CCC(=O)NC3=O)C4=O)CC2)cc1. The van der Waals surface area contributed by atoms with Crippen LogP contribution in [0, 0.1) is 5.92 Å². The van der Waals surface area contributed by atoms with Crippen LogP contribution < -0.4 is 27.0 Å². The van der Waals surface area contributed by atoms with Crippen molar-refractivity contribution in [2.24, 2.45) is 11.7 Å². The molecule has 0 spiro atoms. The molecule has 480 valence electrons. The van der Waals surface area contributed by atoms with Crippen molar-refractivity contribution in [3.8, 4) is 0 Å². The number of aryl methyl sites for hydroxylation is 1. The van der Waals surface area contributed by atoms with E-state index in [1.165, 1.54) is 15.9 Å². The number of benzene rings is 3. The first-order chi connectivity index (χ1) is 42.1. The molecule has 5 aliphatic heterocycles. The Balaban J connectivity index is 0.861. The summed E-state index contributed by atoms with van der Waals surface area (Å²) >= 11 is 0.818. The van der Waals surface area contributed by atoms with Gasteiger partial charge in [0.1, 0.15) is 30.2 Å². The predicted octanol–water partition coefficient (Wildman–Crippen LogP) is 5.75. The summed E-state index contributed by atoms with van der Waals surface area (Å²) in [6.07, 6.45) is 2.26. The highest BCUT2D eigenvalue weighted by Gasteiger charge is 2.51. The quantitative estimate of drug-likeness (QED) is 0.0214. The third kappa shape index (κ3) is 15.6. The third-order valence-corrected chi connectivity index (χ3v) is 19.9. The van der Waals surface area contributed by atoms with E-state index in [0.717, 1.165) is 77.5 Å². The van der Waals surface area contributed by atoms with Crippen molar-refractivity contribution in [1.29, 1.82) is 0 Å². The van der Waals surface area contributed by atoms with E-state index in [2.05, 4.69) is 42.0 Å². The van der Waals surface area contributed by atoms with Crippen LogP contribution in [0.5, 0.6) is 0 Å². The first-order valence-electron chi connectivity index (χ1n) is 30.2. The highest BCUT2D eigenvalue weighted by atomic mass is 32.1. The number of hydrogen-bond donors (Lipinski definition) is 7. The molecule has 0 bridgehead atoms. The molecule has 0 aliphatic carbocycles. The summed E-state index contributed by atoms with van der Waals surface area (Å²) in [4.78, 5) is 147. The molecule has 21 nitrogen and oxygen atoms in total. The van der Waals surface area contributed by atoms with Crippen molar-refractivity contribution in [1.82, 2.24) is 40.9 Å². The molecule has 6 heterocycles. The Kier molecular flexibility index (Phi) is 20.5. The molecule has 3 unspecified atom stereocenters. The zero-order valence-corrected chi connectivity index (χ0v) is 51.5. The Hall–Kier alpha value is -7.12. The van der Waals surface area contributed by atoms with Gasteiger partial charge in [0.15, 0.2) is 0 Å². The van der Waals surface area contributed by atoms with Gasteiger partial charge in [0.05, 0.1) is 11.4 Å². The average molecular weight is 1280 g/mol. The lowest BCUT2D eigenvalue weighted by atomic mass is 9.86. The summed E-state index contributed by atoms with van der Waals surface area (Å²) in [5.41, 5.74) is 4.16. The van der Waals surface area contributed by atoms with E-state index in [9.17, 15) is 75.1 Å². The zero-order valence-electron chi connectivity index (χ0n) is 49.8. The number of halogens is 4. The summed E-state index contributed by atoms with van der Waals surface area (Å²) in [7, 11) is -5.93. The van der Waals surface area contributed by atoms with Crippen LogP contribution in [0.3, 0.4) is 0 Å². The first kappa shape index (κ1) is 66.3. The molecule has 1 aromatic heterocycles. The van der Waals surface area contributed by atoms with E-state index in [4.69, 9.17) is 5.73 Å². The number of thiophene rings is 1. The fourth-order valence-corrected chi connectivity index (χ4v) is 14.3. The average Bonchev–Trinajstić information content (AvgIpc) is 1.77. The monoisotopic (exact) mass is 1280 g/mol. The second-order valence-corrected chi connectivity index (χ2v) is 27.8. The maximum Gasteiger partial charge on any atom is 0.399 e. The fraction of sp³-hybridized carbons (Fsp3) is 0.532. The minimum Gasteiger partial charge on any atom is -0.370 e. The number of nitrogens with one attached hydrogen (secondary N) is 4. The molecule has 4 aromatic rings. The van der Waals surface area contributed by atoms with E-state index < -0.39 is 110 Å². The number of imide groups is 1. The standard InChI is InChI=1S/C62H76F4N9O12PS/c1-61(2,3)39-13-11-36(12-14-39)29-45(59(83)73-27-23-35(24-28-73)7-4-5-8-37-9-6-10-42-43(37)32-74(58(42)82)47-19-22-53(77)71-55(47)79)69-54(78)44(17-21-52(67)76)68-56(80)48-18-16-41-25-26-72(34-51(63)64)33-46(60(84)75(41)48)70-57(81)50-31-38-30-40(15-20-49(38)89-50)62(65,66)88(85,86)87/h6,9-15,20,30-31,35,41,44-48,51H,4-5,7-8,16-19,21-29,32-34H2,1-3H3,(H2,67,76)(H,68,80)(H,69,78)(H,70,81)(H,71,77,79)(H2,85,86,87)/t41-,44?,45?,46+,47?,48+/m1/s1. The van der Waals surface area contributed by atoms with Crippen molar-refractivity contribution >= 4 is 82.2 Å². The van der Waals surface area contributed by atoms with Gasteiger partial charge < -0.3 is 46.2 Å². The lowest BCUT2D eigenvalue weighted by molar-refractivity contribution is -0.144. The number of nitrogens with two attached hydrogens (primary N) is 1. The highest BCUT2D eigenvalue weighted by Crippen LogP contribution is 2.59.